The fraction of sp³-hybridized carbons (Fsp3) is 0.308. The Morgan fingerprint density at radius 3 is 2.90 bits per heavy atom. The van der Waals surface area contributed by atoms with E-state index in [0.29, 0.717) is 22.9 Å². The average molecular weight is 296 g/mol. The molecule has 106 valence electrons. The van der Waals surface area contributed by atoms with E-state index in [9.17, 15) is 9.59 Å². The highest BCUT2D eigenvalue weighted by atomic mass is 35.5. The van der Waals surface area contributed by atoms with Crippen molar-refractivity contribution in [2.45, 2.75) is 19.4 Å². The van der Waals surface area contributed by atoms with E-state index in [-0.39, 0.29) is 24.8 Å². The molecule has 1 aromatic rings. The Morgan fingerprint density at radius 2 is 2.30 bits per heavy atom. The van der Waals surface area contributed by atoms with Gasteiger partial charge in [-0.1, -0.05) is 17.7 Å². The molecule has 0 radical (unpaired) electrons. The van der Waals surface area contributed by atoms with Crippen molar-refractivity contribution < 1.29 is 14.3 Å². The minimum atomic E-state index is -0.308. The third-order valence-electron chi connectivity index (χ3n) is 2.87. The minimum Gasteiger partial charge on any atom is -0.497 e. The first kappa shape index (κ1) is 14.3. The van der Waals surface area contributed by atoms with Crippen LogP contribution in [0.3, 0.4) is 0 Å². The average Bonchev–Trinajstić information content (AvgIpc) is 2.46. The summed E-state index contributed by atoms with van der Waals surface area (Å²) in [6.45, 7) is 0.286. The molecule has 1 heterocycles. The molecule has 0 saturated heterocycles. The zero-order valence-electron chi connectivity index (χ0n) is 10.9. The first-order chi connectivity index (χ1) is 9.60. The zero-order chi connectivity index (χ0) is 14.5. The summed E-state index contributed by atoms with van der Waals surface area (Å²) < 4.78 is 5.05. The predicted octanol–water partition coefficient (Wildman–Crippen LogP) is 1.23. The van der Waals surface area contributed by atoms with Crippen LogP contribution in [0.2, 0.25) is 5.02 Å². The molecule has 7 heteroatoms. The summed E-state index contributed by atoms with van der Waals surface area (Å²) in [6.07, 6.45) is 0.615. The third kappa shape index (κ3) is 3.48. The number of hydrazone groups is 1. The molecule has 0 unspecified atom stereocenters. The number of nitrogens with one attached hydrogen (secondary N) is 2. The van der Waals surface area contributed by atoms with Gasteiger partial charge in [-0.3, -0.25) is 9.59 Å². The minimum absolute atomic E-state index is 0.181. The van der Waals surface area contributed by atoms with E-state index in [1.165, 1.54) is 0 Å². The second-order valence-corrected chi connectivity index (χ2v) is 4.64. The van der Waals surface area contributed by atoms with Crippen molar-refractivity contribution in [1.29, 1.82) is 0 Å². The summed E-state index contributed by atoms with van der Waals surface area (Å²) in [4.78, 5) is 22.8. The van der Waals surface area contributed by atoms with Gasteiger partial charge in [-0.25, -0.2) is 5.43 Å². The number of hydrogen-bond acceptors (Lipinski definition) is 4. The Morgan fingerprint density at radius 1 is 1.50 bits per heavy atom. The number of rotatable bonds is 4. The zero-order valence-corrected chi connectivity index (χ0v) is 11.7. The van der Waals surface area contributed by atoms with E-state index in [2.05, 4.69) is 15.8 Å². The maximum absolute atomic E-state index is 11.9. The number of hydrogen-bond donors (Lipinski definition) is 2. The molecule has 6 nitrogen and oxygen atoms in total. The van der Waals surface area contributed by atoms with Gasteiger partial charge in [0.2, 0.25) is 5.91 Å². The van der Waals surface area contributed by atoms with Gasteiger partial charge in [-0.15, -0.1) is 0 Å². The van der Waals surface area contributed by atoms with Gasteiger partial charge in [-0.05, 0) is 17.7 Å². The van der Waals surface area contributed by atoms with Crippen molar-refractivity contribution in [2.24, 2.45) is 5.10 Å². The molecule has 0 bridgehead atoms. The fourth-order valence-electron chi connectivity index (χ4n) is 1.71. The SMILES string of the molecule is COc1ccc(CNC(=O)C2=NNC(=O)CC2)c(Cl)c1. The largest absolute Gasteiger partial charge is 0.497 e. The Balaban J connectivity index is 1.95. The van der Waals surface area contributed by atoms with Crippen LogP contribution in [0.4, 0.5) is 0 Å². The van der Waals surface area contributed by atoms with Crippen LogP contribution >= 0.6 is 11.6 Å². The summed E-state index contributed by atoms with van der Waals surface area (Å²) in [6, 6.07) is 5.24. The van der Waals surface area contributed by atoms with E-state index in [1.807, 2.05) is 0 Å². The normalized spacial score (nSPS) is 14.3. The first-order valence-electron chi connectivity index (χ1n) is 6.06. The Labute approximate surface area is 121 Å². The Bertz CT molecular complexity index is 572. The summed E-state index contributed by atoms with van der Waals surface area (Å²) in [5.41, 5.74) is 3.38. The van der Waals surface area contributed by atoms with Crippen LogP contribution in [-0.4, -0.2) is 24.6 Å². The molecule has 0 atom stereocenters. The topological polar surface area (TPSA) is 79.8 Å². The van der Waals surface area contributed by atoms with Gasteiger partial charge in [0.1, 0.15) is 11.5 Å². The first-order valence-corrected chi connectivity index (χ1v) is 6.44. The molecule has 2 N–H and O–H groups in total. The number of benzene rings is 1. The van der Waals surface area contributed by atoms with Crippen LogP contribution in [0.1, 0.15) is 18.4 Å². The second kappa shape index (κ2) is 6.38. The van der Waals surface area contributed by atoms with Crippen molar-refractivity contribution in [2.75, 3.05) is 7.11 Å². The smallest absolute Gasteiger partial charge is 0.267 e. The highest BCUT2D eigenvalue weighted by Crippen LogP contribution is 2.22. The molecular formula is C13H14ClN3O3. The van der Waals surface area contributed by atoms with Gasteiger partial charge >= 0.3 is 0 Å². The van der Waals surface area contributed by atoms with Gasteiger partial charge in [0.15, 0.2) is 0 Å². The summed E-state index contributed by atoms with van der Waals surface area (Å²) in [7, 11) is 1.56. The molecule has 0 aliphatic carbocycles. The molecule has 0 saturated carbocycles. The van der Waals surface area contributed by atoms with Crippen LogP contribution < -0.4 is 15.5 Å². The van der Waals surface area contributed by atoms with Crippen molar-refractivity contribution in [3.63, 3.8) is 0 Å². The van der Waals surface area contributed by atoms with Crippen molar-refractivity contribution >= 4 is 29.1 Å². The molecule has 1 aliphatic rings. The number of ether oxygens (including phenoxy) is 1. The molecule has 0 aromatic heterocycles. The Hall–Kier alpha value is -2.08. The lowest BCUT2D eigenvalue weighted by molar-refractivity contribution is -0.121. The van der Waals surface area contributed by atoms with E-state index in [4.69, 9.17) is 16.3 Å². The number of halogens is 1. The van der Waals surface area contributed by atoms with Gasteiger partial charge < -0.3 is 10.1 Å². The van der Waals surface area contributed by atoms with E-state index < -0.39 is 0 Å². The molecule has 20 heavy (non-hydrogen) atoms. The number of carbonyl (C=O) groups is 2. The van der Waals surface area contributed by atoms with E-state index in [0.717, 1.165) is 5.56 Å². The standard InChI is InChI=1S/C13H14ClN3O3/c1-20-9-3-2-8(10(14)6-9)7-15-13(19)11-4-5-12(18)17-16-11/h2-3,6H,4-5,7H2,1H3,(H,15,19)(H,17,18). The van der Waals surface area contributed by atoms with Crippen molar-refractivity contribution in [3.05, 3.63) is 28.8 Å². The number of nitrogens with zero attached hydrogens (tertiary/aromatic N) is 1. The molecule has 2 rings (SSSR count). The quantitative estimate of drug-likeness (QED) is 0.877. The Kier molecular flexibility index (Phi) is 4.57. The molecule has 0 fully saturated rings. The second-order valence-electron chi connectivity index (χ2n) is 4.23. The van der Waals surface area contributed by atoms with E-state index in [1.54, 1.807) is 25.3 Å². The lowest BCUT2D eigenvalue weighted by atomic mass is 10.1. The van der Waals surface area contributed by atoms with Gasteiger partial charge in [0, 0.05) is 24.4 Å². The summed E-state index contributed by atoms with van der Waals surface area (Å²) in [5.74, 6) is 0.168. The molecule has 1 aliphatic heterocycles. The van der Waals surface area contributed by atoms with Crippen LogP contribution in [0.25, 0.3) is 0 Å². The molecular weight excluding hydrogens is 282 g/mol. The van der Waals surface area contributed by atoms with Crippen LogP contribution in [-0.2, 0) is 16.1 Å². The number of methoxy groups -OCH3 is 1. The number of carbonyl (C=O) groups excluding carboxylic acids is 2. The van der Waals surface area contributed by atoms with Crippen molar-refractivity contribution in [3.8, 4) is 5.75 Å². The molecule has 1 aromatic carbocycles. The monoisotopic (exact) mass is 295 g/mol. The van der Waals surface area contributed by atoms with Gasteiger partial charge in [-0.2, -0.15) is 5.10 Å². The highest BCUT2D eigenvalue weighted by molar-refractivity contribution is 6.39. The van der Waals surface area contributed by atoms with Gasteiger partial charge in [0.25, 0.3) is 5.91 Å². The molecule has 0 spiro atoms. The van der Waals surface area contributed by atoms with Gasteiger partial charge in [0.05, 0.1) is 7.11 Å². The summed E-state index contributed by atoms with van der Waals surface area (Å²) >= 11 is 6.08. The third-order valence-corrected chi connectivity index (χ3v) is 3.22. The van der Waals surface area contributed by atoms with Crippen LogP contribution in [0, 0.1) is 0 Å². The van der Waals surface area contributed by atoms with Crippen LogP contribution in [0.5, 0.6) is 5.75 Å². The van der Waals surface area contributed by atoms with E-state index >= 15 is 0 Å². The number of amides is 2. The van der Waals surface area contributed by atoms with Crippen LogP contribution in [0.15, 0.2) is 23.3 Å². The van der Waals surface area contributed by atoms with Crippen molar-refractivity contribution in [1.82, 2.24) is 10.7 Å². The lowest BCUT2D eigenvalue weighted by Crippen LogP contribution is -2.36. The summed E-state index contributed by atoms with van der Waals surface area (Å²) in [5, 5.41) is 6.96. The maximum Gasteiger partial charge on any atom is 0.267 e. The maximum atomic E-state index is 11.9. The molecule has 2 amide bonds. The fourth-order valence-corrected chi connectivity index (χ4v) is 1.95. The predicted molar refractivity (Wildman–Crippen MR) is 74.7 cm³/mol. The highest BCUT2D eigenvalue weighted by Gasteiger charge is 2.18. The lowest BCUT2D eigenvalue weighted by Gasteiger charge is -2.12.